The fraction of sp³-hybridized carbons (Fsp3) is 0.562. The Balaban J connectivity index is 1.27. The molecule has 0 bridgehead atoms. The number of benzene rings is 3. The highest BCUT2D eigenvalue weighted by molar-refractivity contribution is 5.65. The second-order valence-electron chi connectivity index (χ2n) is 14.8. The van der Waals surface area contributed by atoms with Crippen LogP contribution in [0.25, 0.3) is 0 Å². The van der Waals surface area contributed by atoms with Crippen molar-refractivity contribution in [1.29, 1.82) is 0 Å². The van der Waals surface area contributed by atoms with Crippen molar-refractivity contribution in [3.63, 3.8) is 0 Å². The zero-order chi connectivity index (χ0) is 37.7. The van der Waals surface area contributed by atoms with Gasteiger partial charge in [-0.1, -0.05) is 214 Å². The first-order valence-corrected chi connectivity index (χ1v) is 21.1. The van der Waals surface area contributed by atoms with E-state index in [2.05, 4.69) is 104 Å². The van der Waals surface area contributed by atoms with Gasteiger partial charge in [-0.05, 0) is 47.9 Å². The van der Waals surface area contributed by atoms with Crippen molar-refractivity contribution in [2.75, 3.05) is 19.8 Å². The molecule has 0 saturated carbocycles. The Hall–Kier alpha value is -3.41. The van der Waals surface area contributed by atoms with Crippen LogP contribution in [-0.2, 0) is 19.8 Å². The molecule has 0 aliphatic heterocycles. The molecule has 0 saturated heterocycles. The van der Waals surface area contributed by atoms with Gasteiger partial charge in [-0.3, -0.25) is 0 Å². The van der Waals surface area contributed by atoms with Gasteiger partial charge < -0.3 is 19.9 Å². The van der Waals surface area contributed by atoms with Gasteiger partial charge in [0.05, 0.1) is 6.61 Å². The highest BCUT2D eigenvalue weighted by Gasteiger charge is 2.37. The average Bonchev–Trinajstić information content (AvgIpc) is 3.19. The lowest BCUT2D eigenvalue weighted by Crippen LogP contribution is -2.33. The van der Waals surface area contributed by atoms with E-state index in [1.54, 1.807) is 0 Å². The molecule has 3 aromatic rings. The van der Waals surface area contributed by atoms with Crippen LogP contribution in [-0.4, -0.2) is 32.0 Å². The number of hydrogen-bond acceptors (Lipinski definition) is 4. The standard InChI is InChI=1S/C48H71NO4/c1-3-4-5-6-7-8-9-10-11-12-13-14-15-16-17-29-38-46(53-47(49)50)42(2)41-51-39-30-18-19-31-40-52-48(43-32-23-20-24-33-43,44-34-25-21-26-35-44)45-36-27-22-28-37-45/h20-28,32-37,46H,2-19,29-31,38-41H2,1H3,(H2,49,50). The first-order valence-electron chi connectivity index (χ1n) is 21.1. The molecule has 1 atom stereocenters. The van der Waals surface area contributed by atoms with E-state index in [4.69, 9.17) is 19.9 Å². The van der Waals surface area contributed by atoms with E-state index in [9.17, 15) is 4.79 Å². The number of amides is 1. The largest absolute Gasteiger partial charge is 0.442 e. The molecule has 1 unspecified atom stereocenters. The summed E-state index contributed by atoms with van der Waals surface area (Å²) < 4.78 is 18.3. The van der Waals surface area contributed by atoms with Crippen molar-refractivity contribution in [3.05, 3.63) is 120 Å². The molecule has 3 aromatic carbocycles. The van der Waals surface area contributed by atoms with Crippen LogP contribution in [0, 0.1) is 0 Å². The van der Waals surface area contributed by atoms with Gasteiger partial charge in [-0.15, -0.1) is 0 Å². The number of nitrogens with two attached hydrogens (primary N) is 1. The topological polar surface area (TPSA) is 70.8 Å². The van der Waals surface area contributed by atoms with Gasteiger partial charge in [-0.2, -0.15) is 0 Å². The third-order valence-corrected chi connectivity index (χ3v) is 10.4. The summed E-state index contributed by atoms with van der Waals surface area (Å²) in [4.78, 5) is 11.6. The zero-order valence-electron chi connectivity index (χ0n) is 33.1. The van der Waals surface area contributed by atoms with Gasteiger partial charge in [0.1, 0.15) is 11.7 Å². The van der Waals surface area contributed by atoms with Crippen molar-refractivity contribution < 1.29 is 19.0 Å². The maximum atomic E-state index is 11.6. The third-order valence-electron chi connectivity index (χ3n) is 10.4. The molecule has 0 aliphatic carbocycles. The summed E-state index contributed by atoms with van der Waals surface area (Å²) >= 11 is 0. The summed E-state index contributed by atoms with van der Waals surface area (Å²) in [5, 5.41) is 0. The molecule has 3 rings (SSSR count). The minimum absolute atomic E-state index is 0.379. The maximum Gasteiger partial charge on any atom is 0.405 e. The van der Waals surface area contributed by atoms with Crippen LogP contribution in [0.5, 0.6) is 0 Å². The molecule has 0 spiro atoms. The maximum absolute atomic E-state index is 11.6. The van der Waals surface area contributed by atoms with Crippen LogP contribution in [0.2, 0.25) is 0 Å². The van der Waals surface area contributed by atoms with Crippen LogP contribution in [0.4, 0.5) is 4.79 Å². The molecule has 2 N–H and O–H groups in total. The Kier molecular flexibility index (Phi) is 23.3. The van der Waals surface area contributed by atoms with Crippen molar-refractivity contribution >= 4 is 6.09 Å². The highest BCUT2D eigenvalue weighted by atomic mass is 16.6. The Bertz CT molecular complexity index is 1230. The molecule has 5 nitrogen and oxygen atoms in total. The van der Waals surface area contributed by atoms with Crippen LogP contribution >= 0.6 is 0 Å². The Labute approximate surface area is 323 Å². The molecule has 1 amide bonds. The zero-order valence-corrected chi connectivity index (χ0v) is 33.1. The summed E-state index contributed by atoms with van der Waals surface area (Å²) in [6, 6.07) is 31.6. The highest BCUT2D eigenvalue weighted by Crippen LogP contribution is 2.40. The number of hydrogen-bond donors (Lipinski definition) is 1. The monoisotopic (exact) mass is 726 g/mol. The summed E-state index contributed by atoms with van der Waals surface area (Å²) in [7, 11) is 0. The second kappa shape index (κ2) is 28.1. The van der Waals surface area contributed by atoms with Gasteiger partial charge >= 0.3 is 6.09 Å². The van der Waals surface area contributed by atoms with Crippen molar-refractivity contribution in [3.8, 4) is 0 Å². The number of primary amides is 1. The smallest absolute Gasteiger partial charge is 0.405 e. The Morgan fingerprint density at radius 3 is 1.36 bits per heavy atom. The van der Waals surface area contributed by atoms with Crippen LogP contribution in [0.15, 0.2) is 103 Å². The lowest BCUT2D eigenvalue weighted by molar-refractivity contribution is 0.0104. The number of carbonyl (C=O) groups excluding carboxylic acids is 1. The van der Waals surface area contributed by atoms with Crippen molar-refractivity contribution in [2.45, 2.75) is 153 Å². The molecular weight excluding hydrogens is 655 g/mol. The summed E-state index contributed by atoms with van der Waals surface area (Å²) in [5.41, 5.74) is 8.88. The SMILES string of the molecule is C=C(COCCCCCCOC(c1ccccc1)(c1ccccc1)c1ccccc1)C(CCCCCCCCCCCCCCCCCC)OC(N)=O. The van der Waals surface area contributed by atoms with Crippen LogP contribution < -0.4 is 5.73 Å². The fourth-order valence-corrected chi connectivity index (χ4v) is 7.31. The lowest BCUT2D eigenvalue weighted by Gasteiger charge is -2.36. The molecule has 292 valence electrons. The van der Waals surface area contributed by atoms with Gasteiger partial charge in [0, 0.05) is 13.2 Å². The van der Waals surface area contributed by atoms with E-state index < -0.39 is 11.7 Å². The summed E-state index contributed by atoms with van der Waals surface area (Å²) in [6.45, 7) is 8.13. The quantitative estimate of drug-likeness (QED) is 0.0395. The summed E-state index contributed by atoms with van der Waals surface area (Å²) in [5.74, 6) is 0. The van der Waals surface area contributed by atoms with E-state index >= 15 is 0 Å². The predicted octanol–water partition coefficient (Wildman–Crippen LogP) is 13.2. The number of carbonyl (C=O) groups is 1. The second-order valence-corrected chi connectivity index (χ2v) is 14.8. The Morgan fingerprint density at radius 2 is 0.943 bits per heavy atom. The molecule has 0 aromatic heterocycles. The predicted molar refractivity (Wildman–Crippen MR) is 222 cm³/mol. The first-order chi connectivity index (χ1) is 26.1. The first kappa shape index (κ1) is 44.0. The molecular formula is C48H71NO4. The Morgan fingerprint density at radius 1 is 0.566 bits per heavy atom. The van der Waals surface area contributed by atoms with Gasteiger partial charge in [0.25, 0.3) is 0 Å². The minimum atomic E-state index is -0.745. The number of unbranched alkanes of at least 4 members (excludes halogenated alkanes) is 18. The minimum Gasteiger partial charge on any atom is -0.442 e. The van der Waals surface area contributed by atoms with E-state index in [1.807, 2.05) is 0 Å². The number of rotatable bonds is 32. The lowest BCUT2D eigenvalue weighted by atomic mass is 9.80. The normalized spacial score (nSPS) is 12.1. The average molecular weight is 726 g/mol. The molecule has 0 aliphatic rings. The van der Waals surface area contributed by atoms with Gasteiger partial charge in [-0.25, -0.2) is 4.79 Å². The summed E-state index contributed by atoms with van der Waals surface area (Å²) in [6.07, 6.45) is 24.9. The molecule has 53 heavy (non-hydrogen) atoms. The van der Waals surface area contributed by atoms with E-state index in [0.29, 0.717) is 19.8 Å². The van der Waals surface area contributed by atoms with Gasteiger partial charge in [0.2, 0.25) is 0 Å². The number of ether oxygens (including phenoxy) is 3. The molecule has 0 radical (unpaired) electrons. The fourth-order valence-electron chi connectivity index (χ4n) is 7.31. The molecule has 0 heterocycles. The van der Waals surface area contributed by atoms with Crippen molar-refractivity contribution in [1.82, 2.24) is 0 Å². The van der Waals surface area contributed by atoms with E-state index in [-0.39, 0.29) is 6.10 Å². The van der Waals surface area contributed by atoms with Crippen LogP contribution in [0.1, 0.15) is 158 Å². The van der Waals surface area contributed by atoms with Crippen LogP contribution in [0.3, 0.4) is 0 Å². The van der Waals surface area contributed by atoms with E-state index in [1.165, 1.54) is 89.9 Å². The van der Waals surface area contributed by atoms with E-state index in [0.717, 1.165) is 67.2 Å². The van der Waals surface area contributed by atoms with Gasteiger partial charge in [0.15, 0.2) is 0 Å². The molecule has 0 fully saturated rings. The van der Waals surface area contributed by atoms with Crippen molar-refractivity contribution in [2.24, 2.45) is 5.73 Å². The molecule has 5 heteroatoms. The third kappa shape index (κ3) is 17.5.